The normalized spacial score (nSPS) is 12.5. The second-order valence-corrected chi connectivity index (χ2v) is 6.79. The van der Waals surface area contributed by atoms with Gasteiger partial charge in [0.1, 0.15) is 0 Å². The Bertz CT molecular complexity index is 383. The molecule has 3 nitrogen and oxygen atoms in total. The van der Waals surface area contributed by atoms with Crippen LogP contribution >= 0.6 is 11.3 Å². The molecule has 0 spiro atoms. The standard InChI is InChI=1S/C14H23NO2S/c1-13(2,11-7-6-8-18-11)9-15-10-14(3,4)12(16)17-5/h6-8,15H,9-10H2,1-5H3. The van der Waals surface area contributed by atoms with Gasteiger partial charge in [0.25, 0.3) is 0 Å². The van der Waals surface area contributed by atoms with E-state index in [0.717, 1.165) is 6.54 Å². The lowest BCUT2D eigenvalue weighted by Crippen LogP contribution is -2.41. The third-order valence-corrected chi connectivity index (χ3v) is 4.30. The van der Waals surface area contributed by atoms with Gasteiger partial charge in [-0.2, -0.15) is 0 Å². The zero-order valence-electron chi connectivity index (χ0n) is 11.9. The Morgan fingerprint density at radius 3 is 2.50 bits per heavy atom. The molecule has 1 heterocycles. The average molecular weight is 269 g/mol. The van der Waals surface area contributed by atoms with E-state index >= 15 is 0 Å². The van der Waals surface area contributed by atoms with Crippen molar-refractivity contribution < 1.29 is 9.53 Å². The molecule has 0 amide bonds. The minimum absolute atomic E-state index is 0.0837. The molecule has 1 rings (SSSR count). The fraction of sp³-hybridized carbons (Fsp3) is 0.643. The lowest BCUT2D eigenvalue weighted by Gasteiger charge is -2.27. The number of carbonyl (C=O) groups excluding carboxylic acids is 1. The molecular formula is C14H23NO2S. The summed E-state index contributed by atoms with van der Waals surface area (Å²) in [6, 6.07) is 4.22. The Balaban J connectivity index is 2.49. The highest BCUT2D eigenvalue weighted by Crippen LogP contribution is 2.27. The van der Waals surface area contributed by atoms with Gasteiger partial charge < -0.3 is 10.1 Å². The first-order valence-electron chi connectivity index (χ1n) is 6.13. The van der Waals surface area contributed by atoms with Crippen LogP contribution in [0.15, 0.2) is 17.5 Å². The second kappa shape index (κ2) is 5.85. The third kappa shape index (κ3) is 3.82. The molecule has 0 atom stereocenters. The van der Waals surface area contributed by atoms with Crippen LogP contribution in [0.5, 0.6) is 0 Å². The van der Waals surface area contributed by atoms with Crippen molar-refractivity contribution in [1.82, 2.24) is 5.32 Å². The summed E-state index contributed by atoms with van der Waals surface area (Å²) < 4.78 is 4.79. The molecule has 18 heavy (non-hydrogen) atoms. The highest BCUT2D eigenvalue weighted by molar-refractivity contribution is 7.10. The molecule has 1 N–H and O–H groups in total. The summed E-state index contributed by atoms with van der Waals surface area (Å²) >= 11 is 1.77. The molecule has 0 fully saturated rings. The van der Waals surface area contributed by atoms with Crippen LogP contribution in [-0.4, -0.2) is 26.2 Å². The zero-order valence-corrected chi connectivity index (χ0v) is 12.7. The molecule has 0 aromatic carbocycles. The van der Waals surface area contributed by atoms with Crippen LogP contribution < -0.4 is 5.32 Å². The van der Waals surface area contributed by atoms with E-state index in [1.807, 2.05) is 13.8 Å². The van der Waals surface area contributed by atoms with Gasteiger partial charge >= 0.3 is 5.97 Å². The lowest BCUT2D eigenvalue weighted by atomic mass is 9.89. The monoisotopic (exact) mass is 269 g/mol. The topological polar surface area (TPSA) is 38.3 Å². The fourth-order valence-electron chi connectivity index (χ4n) is 1.79. The lowest BCUT2D eigenvalue weighted by molar-refractivity contribution is -0.150. The van der Waals surface area contributed by atoms with Crippen molar-refractivity contribution in [2.24, 2.45) is 5.41 Å². The molecule has 0 unspecified atom stereocenters. The van der Waals surface area contributed by atoms with Gasteiger partial charge in [0.15, 0.2) is 0 Å². The summed E-state index contributed by atoms with van der Waals surface area (Å²) in [5.74, 6) is -0.177. The van der Waals surface area contributed by atoms with Gasteiger partial charge in [0, 0.05) is 23.4 Å². The molecule has 0 aliphatic carbocycles. The van der Waals surface area contributed by atoms with Gasteiger partial charge in [-0.1, -0.05) is 19.9 Å². The Morgan fingerprint density at radius 2 is 2.00 bits per heavy atom. The summed E-state index contributed by atoms with van der Waals surface area (Å²) in [5.41, 5.74) is -0.402. The van der Waals surface area contributed by atoms with E-state index < -0.39 is 5.41 Å². The summed E-state index contributed by atoms with van der Waals surface area (Å²) in [5, 5.41) is 5.47. The van der Waals surface area contributed by atoms with Gasteiger partial charge in [0.05, 0.1) is 12.5 Å². The molecule has 102 valence electrons. The Labute approximate surface area is 114 Å². The van der Waals surface area contributed by atoms with E-state index in [9.17, 15) is 4.79 Å². The zero-order chi connectivity index (χ0) is 13.8. The molecule has 0 bridgehead atoms. The van der Waals surface area contributed by atoms with Crippen LogP contribution in [0.3, 0.4) is 0 Å². The molecule has 0 saturated carbocycles. The Morgan fingerprint density at radius 1 is 1.33 bits per heavy atom. The van der Waals surface area contributed by atoms with E-state index in [0.29, 0.717) is 6.54 Å². The average Bonchev–Trinajstić information content (AvgIpc) is 2.81. The van der Waals surface area contributed by atoms with Gasteiger partial charge in [-0.15, -0.1) is 11.3 Å². The summed E-state index contributed by atoms with van der Waals surface area (Å²) in [4.78, 5) is 12.9. The number of hydrogen-bond donors (Lipinski definition) is 1. The summed E-state index contributed by atoms with van der Waals surface area (Å²) in [6.45, 7) is 9.66. The summed E-state index contributed by atoms with van der Waals surface area (Å²) in [6.07, 6.45) is 0. The number of hydrogen-bond acceptors (Lipinski definition) is 4. The van der Waals surface area contributed by atoms with Crippen molar-refractivity contribution in [2.45, 2.75) is 33.1 Å². The predicted octanol–water partition coefficient (Wildman–Crippen LogP) is 2.81. The SMILES string of the molecule is COC(=O)C(C)(C)CNCC(C)(C)c1cccs1. The number of rotatable bonds is 6. The molecule has 0 radical (unpaired) electrons. The van der Waals surface area contributed by atoms with Crippen molar-refractivity contribution >= 4 is 17.3 Å². The van der Waals surface area contributed by atoms with Gasteiger partial charge in [-0.25, -0.2) is 0 Å². The highest BCUT2D eigenvalue weighted by Gasteiger charge is 2.29. The Hall–Kier alpha value is -0.870. The van der Waals surface area contributed by atoms with Crippen molar-refractivity contribution in [3.8, 4) is 0 Å². The smallest absolute Gasteiger partial charge is 0.312 e. The van der Waals surface area contributed by atoms with Crippen LogP contribution in [0.25, 0.3) is 0 Å². The van der Waals surface area contributed by atoms with E-state index in [1.54, 1.807) is 11.3 Å². The van der Waals surface area contributed by atoms with E-state index in [-0.39, 0.29) is 11.4 Å². The van der Waals surface area contributed by atoms with Crippen LogP contribution in [-0.2, 0) is 14.9 Å². The minimum atomic E-state index is -0.486. The van der Waals surface area contributed by atoms with Gasteiger partial charge in [0.2, 0.25) is 0 Å². The number of methoxy groups -OCH3 is 1. The van der Waals surface area contributed by atoms with Crippen molar-refractivity contribution in [3.63, 3.8) is 0 Å². The van der Waals surface area contributed by atoms with Crippen LogP contribution in [0.2, 0.25) is 0 Å². The quantitative estimate of drug-likeness (QED) is 0.807. The largest absolute Gasteiger partial charge is 0.469 e. The molecule has 0 saturated heterocycles. The van der Waals surface area contributed by atoms with Crippen LogP contribution in [0, 0.1) is 5.41 Å². The number of ether oxygens (including phenoxy) is 1. The molecule has 4 heteroatoms. The first-order chi connectivity index (χ1) is 8.29. The second-order valence-electron chi connectivity index (χ2n) is 5.84. The fourth-order valence-corrected chi connectivity index (χ4v) is 2.64. The number of thiophene rings is 1. The first kappa shape index (κ1) is 15.2. The van der Waals surface area contributed by atoms with Gasteiger partial charge in [-0.3, -0.25) is 4.79 Å². The van der Waals surface area contributed by atoms with E-state index in [1.165, 1.54) is 12.0 Å². The maximum absolute atomic E-state index is 11.6. The first-order valence-corrected chi connectivity index (χ1v) is 7.01. The van der Waals surface area contributed by atoms with Crippen molar-refractivity contribution in [3.05, 3.63) is 22.4 Å². The number of esters is 1. The predicted molar refractivity (Wildman–Crippen MR) is 76.0 cm³/mol. The maximum atomic E-state index is 11.6. The number of nitrogens with one attached hydrogen (secondary N) is 1. The third-order valence-electron chi connectivity index (χ3n) is 3.06. The molecule has 1 aromatic rings. The number of carbonyl (C=O) groups is 1. The van der Waals surface area contributed by atoms with E-state index in [4.69, 9.17) is 4.74 Å². The molecule has 1 aromatic heterocycles. The van der Waals surface area contributed by atoms with Gasteiger partial charge in [-0.05, 0) is 25.3 Å². The van der Waals surface area contributed by atoms with Crippen molar-refractivity contribution in [1.29, 1.82) is 0 Å². The van der Waals surface area contributed by atoms with E-state index in [2.05, 4.69) is 36.7 Å². The van der Waals surface area contributed by atoms with Crippen LogP contribution in [0.4, 0.5) is 0 Å². The maximum Gasteiger partial charge on any atom is 0.312 e. The van der Waals surface area contributed by atoms with Crippen LogP contribution in [0.1, 0.15) is 32.6 Å². The Kier molecular flexibility index (Phi) is 4.93. The summed E-state index contributed by atoms with van der Waals surface area (Å²) in [7, 11) is 1.43. The molecule has 0 aliphatic heterocycles. The minimum Gasteiger partial charge on any atom is -0.469 e. The molecular weight excluding hydrogens is 246 g/mol. The highest BCUT2D eigenvalue weighted by atomic mass is 32.1. The van der Waals surface area contributed by atoms with Crippen molar-refractivity contribution in [2.75, 3.05) is 20.2 Å². The molecule has 0 aliphatic rings.